The highest BCUT2D eigenvalue weighted by atomic mass is 35.5. The Balaban J connectivity index is 0.000000150. The fraction of sp³-hybridized carbons (Fsp3) is 0.441. The van der Waals surface area contributed by atoms with Crippen LogP contribution in [0.1, 0.15) is 223 Å². The molecular weight excluding hydrogens is 1790 g/mol. The van der Waals surface area contributed by atoms with Crippen LogP contribution in [0.15, 0.2) is 128 Å². The molecule has 0 aliphatic heterocycles. The van der Waals surface area contributed by atoms with Crippen molar-refractivity contribution >= 4 is 150 Å². The van der Waals surface area contributed by atoms with Crippen molar-refractivity contribution < 1.29 is 41.9 Å². The lowest BCUT2D eigenvalue weighted by molar-refractivity contribution is -0.121. The number of aromatic nitrogens is 21. The summed E-state index contributed by atoms with van der Waals surface area (Å²) in [5, 5.41) is 17.9. The number of halogens is 4. The molecule has 15 aromatic rings. The van der Waals surface area contributed by atoms with Gasteiger partial charge in [0, 0.05) is 83.6 Å². The summed E-state index contributed by atoms with van der Waals surface area (Å²) in [6, 6.07) is 31.7. The van der Waals surface area contributed by atoms with E-state index < -0.39 is 17.5 Å². The maximum Gasteiger partial charge on any atom is 0.229 e. The zero-order valence-electron chi connectivity index (χ0n) is 83.6. The molecule has 0 saturated heterocycles. The van der Waals surface area contributed by atoms with Crippen LogP contribution >= 0.6 is 11.6 Å². The zero-order chi connectivity index (χ0) is 101. The Bertz CT molecular complexity index is 6640. The van der Waals surface area contributed by atoms with Crippen molar-refractivity contribution in [1.82, 2.24) is 102 Å². The summed E-state index contributed by atoms with van der Waals surface area (Å²) in [5.74, 6) is 3.16. The Kier molecular flexibility index (Phi) is 33.4. The molecule has 37 heteroatoms. The molecule has 6 amide bonds. The second-order valence-electron chi connectivity index (χ2n) is 39.4. The average molecular weight is 1920 g/mol. The number of imidazole rings is 6. The molecule has 6 N–H and O–H groups in total. The van der Waals surface area contributed by atoms with Gasteiger partial charge in [-0.3, -0.25) is 74.4 Å². The summed E-state index contributed by atoms with van der Waals surface area (Å²) in [6.45, 7) is 48.1. The number of carbonyl (C=O) groups excluding carboxylic acids is 6. The molecule has 139 heavy (non-hydrogen) atoms. The largest absolute Gasteiger partial charge is 0.296 e. The number of nitrogens with zero attached hydrogens (tertiary/aromatic N) is 21. The Morgan fingerprint density at radius 2 is 0.597 bits per heavy atom. The molecule has 4 atom stereocenters. The second-order valence-corrected chi connectivity index (χ2v) is 39.8. The number of anilines is 6. The molecule has 0 bridgehead atoms. The average Bonchev–Trinajstić information content (AvgIpc) is 1.63. The Morgan fingerprint density at radius 1 is 0.338 bits per heavy atom. The molecule has 0 spiro atoms. The van der Waals surface area contributed by atoms with E-state index in [1.165, 1.54) is 49.2 Å². The van der Waals surface area contributed by atoms with Gasteiger partial charge < -0.3 is 0 Å². The lowest BCUT2D eigenvalue weighted by Gasteiger charge is -2.29. The van der Waals surface area contributed by atoms with Gasteiger partial charge >= 0.3 is 0 Å². The first-order valence-corrected chi connectivity index (χ1v) is 47.6. The first-order chi connectivity index (χ1) is 65.7. The topological polar surface area (TPSA) is 398 Å². The number of hydrogen-bond acceptors (Lipinski definition) is 21. The Labute approximate surface area is 811 Å². The van der Waals surface area contributed by atoms with Crippen molar-refractivity contribution in [1.29, 1.82) is 0 Å². The number of nitrogens with one attached hydrogen (secondary N) is 6. The number of aryl methyl sites for hydroxylation is 6. The van der Waals surface area contributed by atoms with Crippen molar-refractivity contribution in [2.24, 2.45) is 58.2 Å². The number of amides is 6. The number of hydrogen-bond donors (Lipinski definition) is 6. The van der Waals surface area contributed by atoms with Crippen molar-refractivity contribution in [3.63, 3.8) is 0 Å². The summed E-state index contributed by atoms with van der Waals surface area (Å²) < 4.78 is 50.7. The van der Waals surface area contributed by atoms with Gasteiger partial charge in [0.2, 0.25) is 71.1 Å². The fourth-order valence-corrected chi connectivity index (χ4v) is 14.8. The maximum absolute atomic E-state index is 13.2. The minimum atomic E-state index is -0.435. The molecule has 2 aliphatic carbocycles. The summed E-state index contributed by atoms with van der Waals surface area (Å²) in [7, 11) is 0. The van der Waals surface area contributed by atoms with Crippen LogP contribution in [0.2, 0.25) is 5.15 Å². The molecule has 2 fully saturated rings. The van der Waals surface area contributed by atoms with E-state index in [-0.39, 0.29) is 81.8 Å². The predicted molar refractivity (Wildman–Crippen MR) is 539 cm³/mol. The van der Waals surface area contributed by atoms with Crippen molar-refractivity contribution in [2.45, 2.75) is 236 Å². The predicted octanol–water partition coefficient (Wildman–Crippen LogP) is 21.5. The van der Waals surface area contributed by atoms with Crippen LogP contribution in [0.5, 0.6) is 0 Å². The summed E-state index contributed by atoms with van der Waals surface area (Å²) in [5.41, 5.74) is 12.5. The maximum atomic E-state index is 13.2. The number of carbonyl (C=O) groups is 6. The summed E-state index contributed by atoms with van der Waals surface area (Å²) >= 11 is 5.92. The van der Waals surface area contributed by atoms with E-state index in [2.05, 4.69) is 143 Å². The molecule has 15 aromatic heterocycles. The SMILES string of the molecule is CCn1c(NC(=O)[C@@H](C)C(C)C)nc2ccc(Cl)nc21.Cc1ccc2nc(NC(=O)CC(C)(C)C)n(-c3ccc(F)cn3)c2n1.Cc1ccc2nc(NC(=O)CC(C)(C)C)n(-c3ccc(F)cn3)c2n1.Cc1ccc2nc(NC(=O)[C@@H](C)C(C)C)n(-c3ccc(F)cn3)c2n1.Cc1ccc2nc(NC(=O)[C@@H](C)C(C)C)n(C3CCC3)c2n1.Cc1ccc2nc(NC(=O)[C@@H](C)C(C)C)n(C3CCC3)c2n1. The molecule has 0 aromatic carbocycles. The molecule has 17 rings (SSSR count). The van der Waals surface area contributed by atoms with Crippen LogP contribution in [-0.2, 0) is 35.3 Å². The van der Waals surface area contributed by atoms with Crippen LogP contribution in [-0.4, -0.2) is 138 Å². The monoisotopic (exact) mass is 1920 g/mol. The molecule has 33 nitrogen and oxygen atoms in total. The van der Waals surface area contributed by atoms with Gasteiger partial charge in [-0.15, -0.1) is 0 Å². The van der Waals surface area contributed by atoms with Crippen molar-refractivity contribution in [2.75, 3.05) is 31.9 Å². The van der Waals surface area contributed by atoms with Crippen LogP contribution in [0.25, 0.3) is 84.4 Å². The van der Waals surface area contributed by atoms with Gasteiger partial charge in [-0.1, -0.05) is 136 Å². The van der Waals surface area contributed by atoms with Gasteiger partial charge in [-0.25, -0.2) is 102 Å². The zero-order valence-corrected chi connectivity index (χ0v) is 84.4. The molecule has 2 aliphatic rings. The van der Waals surface area contributed by atoms with E-state index in [0.717, 1.165) is 101 Å². The van der Waals surface area contributed by atoms with E-state index >= 15 is 0 Å². The highest BCUT2D eigenvalue weighted by Gasteiger charge is 2.33. The Hall–Kier alpha value is -13.9. The minimum Gasteiger partial charge on any atom is -0.296 e. The van der Waals surface area contributed by atoms with E-state index in [0.29, 0.717) is 141 Å². The summed E-state index contributed by atoms with van der Waals surface area (Å²) in [6.07, 6.45) is 11.0. The number of fused-ring (bicyclic) bond motifs is 6. The standard InChI is InChI=1S/3C18H20FN5O.2C17H24N4O.C14H19ClN4O/c2*1-11-5-7-13-16(21-11)24(14-8-6-12(19)10-20-14)17(22-13)23-15(25)9-18(2,3)4;1-10(2)12(4)17(25)23-18-22-14-7-5-11(3)21-16(14)24(18)15-8-6-13(19)9-20-15;2*1-10(2)12(4)16(22)20-17-19-14-9-8-11(3)18-15(14)21(17)13-6-5-7-13;1-5-19-12-10(6-7-11(15)17-12)16-14(19)18-13(20)9(4)8(2)3/h2*5-8,10H,9H2,1-4H3,(H,22,23,25);5-10,12H,1-4H3,(H,22,23,25);2*8-10,12-13H,5-7H2,1-4H3,(H,19,20,22);6-9H,5H2,1-4H3,(H,16,18,20)/t;;3*12-;9-/m..0000/s1. The van der Waals surface area contributed by atoms with Crippen LogP contribution in [0.4, 0.5) is 48.9 Å². The lowest BCUT2D eigenvalue weighted by atomic mass is 9.92. The number of pyridine rings is 9. The third-order valence-electron chi connectivity index (χ3n) is 24.3. The smallest absolute Gasteiger partial charge is 0.229 e. The molecule has 15 heterocycles. The third-order valence-corrected chi connectivity index (χ3v) is 24.5. The minimum absolute atomic E-state index is 0.0302. The van der Waals surface area contributed by atoms with E-state index in [4.69, 9.17) is 11.6 Å². The molecule has 2 saturated carbocycles. The van der Waals surface area contributed by atoms with E-state index in [1.54, 1.807) is 25.8 Å². The van der Waals surface area contributed by atoms with Crippen molar-refractivity contribution in [3.05, 3.63) is 179 Å². The molecule has 0 unspecified atom stereocenters. The van der Waals surface area contributed by atoms with Crippen LogP contribution in [0, 0.1) is 110 Å². The van der Waals surface area contributed by atoms with Gasteiger partial charge in [-0.2, -0.15) is 0 Å². The summed E-state index contributed by atoms with van der Waals surface area (Å²) in [4.78, 5) is 140. The van der Waals surface area contributed by atoms with Gasteiger partial charge in [0.05, 0.1) is 18.6 Å². The van der Waals surface area contributed by atoms with Gasteiger partial charge in [0.25, 0.3) is 0 Å². The second kappa shape index (κ2) is 44.7. The fourth-order valence-electron chi connectivity index (χ4n) is 14.6. The van der Waals surface area contributed by atoms with Gasteiger partial charge in [0.15, 0.2) is 33.9 Å². The normalized spacial score (nSPS) is 13.6. The van der Waals surface area contributed by atoms with Crippen LogP contribution < -0.4 is 31.9 Å². The molecular formula is C102H127ClF3N27O6. The van der Waals surface area contributed by atoms with Gasteiger partial charge in [-0.05, 0) is 224 Å². The highest BCUT2D eigenvalue weighted by molar-refractivity contribution is 6.29. The Morgan fingerprint density at radius 3 is 0.871 bits per heavy atom. The molecule has 734 valence electrons. The number of rotatable bonds is 22. The quantitative estimate of drug-likeness (QED) is 0.0343. The highest BCUT2D eigenvalue weighted by Crippen LogP contribution is 2.40. The van der Waals surface area contributed by atoms with Crippen LogP contribution in [0.3, 0.4) is 0 Å². The van der Waals surface area contributed by atoms with Crippen molar-refractivity contribution in [3.8, 4) is 17.5 Å². The first-order valence-electron chi connectivity index (χ1n) is 47.2. The first kappa shape index (κ1) is 104. The lowest BCUT2D eigenvalue weighted by Crippen LogP contribution is -2.27. The van der Waals surface area contributed by atoms with E-state index in [9.17, 15) is 41.9 Å². The van der Waals surface area contributed by atoms with Gasteiger partial charge in [0.1, 0.15) is 73.2 Å². The third kappa shape index (κ3) is 26.1. The molecule has 0 radical (unpaired) electrons. The van der Waals surface area contributed by atoms with E-state index in [1.807, 2.05) is 204 Å².